The van der Waals surface area contributed by atoms with Crippen LogP contribution >= 0.6 is 0 Å². The molecule has 8 heteroatoms. The lowest BCUT2D eigenvalue weighted by Crippen LogP contribution is -2.28. The number of nitrogens with one attached hydrogen (secondary N) is 2. The van der Waals surface area contributed by atoms with E-state index in [1.165, 1.54) is 0 Å². The van der Waals surface area contributed by atoms with Crippen molar-refractivity contribution in [3.8, 4) is 0 Å². The van der Waals surface area contributed by atoms with Gasteiger partial charge in [0.2, 0.25) is 11.8 Å². The Labute approximate surface area is 117 Å². The molecule has 1 aromatic rings. The van der Waals surface area contributed by atoms with E-state index in [4.69, 9.17) is 5.11 Å². The van der Waals surface area contributed by atoms with Crippen LogP contribution in [-0.4, -0.2) is 39.7 Å². The van der Waals surface area contributed by atoms with Gasteiger partial charge in [-0.1, -0.05) is 13.8 Å². The summed E-state index contributed by atoms with van der Waals surface area (Å²) in [6.07, 6.45) is 0.493. The molecule has 0 bridgehead atoms. The normalized spacial score (nSPS) is 12.3. The molecular formula is C12H21N5O3. The number of hydrogen-bond acceptors (Lipinski definition) is 7. The van der Waals surface area contributed by atoms with Crippen molar-refractivity contribution in [2.75, 3.05) is 24.3 Å². The van der Waals surface area contributed by atoms with Crippen LogP contribution in [-0.2, 0) is 0 Å². The van der Waals surface area contributed by atoms with Crippen molar-refractivity contribution >= 4 is 17.5 Å². The molecule has 3 N–H and O–H groups in total. The van der Waals surface area contributed by atoms with Gasteiger partial charge in [-0.2, -0.15) is 4.98 Å². The van der Waals surface area contributed by atoms with Gasteiger partial charge in [0.15, 0.2) is 0 Å². The molecule has 0 saturated heterocycles. The molecule has 112 valence electrons. The fourth-order valence-corrected chi connectivity index (χ4v) is 1.88. The Kier molecular flexibility index (Phi) is 5.63. The van der Waals surface area contributed by atoms with E-state index in [0.29, 0.717) is 18.1 Å². The number of aromatic nitrogens is 2. The van der Waals surface area contributed by atoms with Gasteiger partial charge in [-0.05, 0) is 19.3 Å². The molecule has 0 amide bonds. The van der Waals surface area contributed by atoms with Crippen LogP contribution < -0.4 is 10.6 Å². The standard InChI is InChI=1S/C12H21N5O3/c1-7(2)9(5-6-18)15-11-10(17(19)20)8(3)14-12(13-4)16-11/h7,9,18H,5-6H2,1-4H3,(H2,13,14,15,16). The molecule has 8 nitrogen and oxygen atoms in total. The predicted octanol–water partition coefficient (Wildman–Crippen LogP) is 1.55. The zero-order valence-electron chi connectivity index (χ0n) is 12.2. The lowest BCUT2D eigenvalue weighted by atomic mass is 10.0. The second-order valence-electron chi connectivity index (χ2n) is 4.84. The monoisotopic (exact) mass is 283 g/mol. The Balaban J connectivity index is 3.19. The summed E-state index contributed by atoms with van der Waals surface area (Å²) in [7, 11) is 1.65. The minimum atomic E-state index is -0.493. The quantitative estimate of drug-likeness (QED) is 0.514. The molecule has 0 aliphatic carbocycles. The van der Waals surface area contributed by atoms with Gasteiger partial charge in [0.05, 0.1) is 4.92 Å². The number of nitrogens with zero attached hydrogens (tertiary/aromatic N) is 3. The molecule has 20 heavy (non-hydrogen) atoms. The average Bonchev–Trinajstić information content (AvgIpc) is 2.36. The van der Waals surface area contributed by atoms with Crippen molar-refractivity contribution in [2.45, 2.75) is 33.2 Å². The Hall–Kier alpha value is -1.96. The highest BCUT2D eigenvalue weighted by atomic mass is 16.6. The van der Waals surface area contributed by atoms with E-state index >= 15 is 0 Å². The van der Waals surface area contributed by atoms with Crippen molar-refractivity contribution in [3.63, 3.8) is 0 Å². The van der Waals surface area contributed by atoms with Gasteiger partial charge >= 0.3 is 5.69 Å². The lowest BCUT2D eigenvalue weighted by Gasteiger charge is -2.22. The van der Waals surface area contributed by atoms with Gasteiger partial charge in [0, 0.05) is 19.7 Å². The van der Waals surface area contributed by atoms with Gasteiger partial charge in [-0.25, -0.2) is 4.98 Å². The number of aliphatic hydroxyl groups excluding tert-OH is 1. The van der Waals surface area contributed by atoms with E-state index in [1.54, 1.807) is 14.0 Å². The molecule has 1 rings (SSSR count). The van der Waals surface area contributed by atoms with Crippen LogP contribution in [0.4, 0.5) is 17.5 Å². The van der Waals surface area contributed by atoms with Gasteiger partial charge in [-0.15, -0.1) is 0 Å². The number of anilines is 2. The Bertz CT molecular complexity index is 478. The summed E-state index contributed by atoms with van der Waals surface area (Å²) in [6, 6.07) is -0.0993. The number of aryl methyl sites for hydroxylation is 1. The first-order chi connectivity index (χ1) is 9.40. The molecular weight excluding hydrogens is 262 g/mol. The van der Waals surface area contributed by atoms with Crippen LogP contribution in [0, 0.1) is 23.0 Å². The maximum Gasteiger partial charge on any atom is 0.332 e. The predicted molar refractivity (Wildman–Crippen MR) is 76.9 cm³/mol. The van der Waals surface area contributed by atoms with E-state index in [0.717, 1.165) is 0 Å². The van der Waals surface area contributed by atoms with E-state index in [2.05, 4.69) is 20.6 Å². The first-order valence-corrected chi connectivity index (χ1v) is 6.48. The molecule has 1 heterocycles. The third kappa shape index (κ3) is 3.77. The zero-order valence-corrected chi connectivity index (χ0v) is 12.2. The zero-order chi connectivity index (χ0) is 15.3. The van der Waals surface area contributed by atoms with Crippen LogP contribution in [0.1, 0.15) is 26.0 Å². The van der Waals surface area contributed by atoms with Crippen molar-refractivity contribution < 1.29 is 10.0 Å². The molecule has 1 unspecified atom stereocenters. The van der Waals surface area contributed by atoms with Crippen LogP contribution in [0.5, 0.6) is 0 Å². The topological polar surface area (TPSA) is 113 Å². The molecule has 1 atom stereocenters. The summed E-state index contributed by atoms with van der Waals surface area (Å²) in [5, 5.41) is 26.1. The van der Waals surface area contributed by atoms with Crippen LogP contribution in [0.25, 0.3) is 0 Å². The summed E-state index contributed by atoms with van der Waals surface area (Å²) >= 11 is 0. The van der Waals surface area contributed by atoms with Crippen LogP contribution in [0.3, 0.4) is 0 Å². The average molecular weight is 283 g/mol. The van der Waals surface area contributed by atoms with E-state index in [1.807, 2.05) is 13.8 Å². The molecule has 0 aromatic carbocycles. The Morgan fingerprint density at radius 3 is 2.50 bits per heavy atom. The molecule has 0 spiro atoms. The maximum absolute atomic E-state index is 11.2. The van der Waals surface area contributed by atoms with Gasteiger partial charge < -0.3 is 15.7 Å². The molecule has 0 saturated carbocycles. The fourth-order valence-electron chi connectivity index (χ4n) is 1.88. The highest BCUT2D eigenvalue weighted by Crippen LogP contribution is 2.28. The number of rotatable bonds is 7. The smallest absolute Gasteiger partial charge is 0.332 e. The first kappa shape index (κ1) is 16.1. The van der Waals surface area contributed by atoms with E-state index in [-0.39, 0.29) is 30.1 Å². The highest BCUT2D eigenvalue weighted by molar-refractivity contribution is 5.61. The highest BCUT2D eigenvalue weighted by Gasteiger charge is 2.24. The Morgan fingerprint density at radius 1 is 1.40 bits per heavy atom. The largest absolute Gasteiger partial charge is 0.396 e. The summed E-state index contributed by atoms with van der Waals surface area (Å²) in [4.78, 5) is 18.8. The van der Waals surface area contributed by atoms with Gasteiger partial charge in [0.25, 0.3) is 0 Å². The summed E-state index contributed by atoms with van der Waals surface area (Å²) in [5.41, 5.74) is 0.163. The summed E-state index contributed by atoms with van der Waals surface area (Å²) < 4.78 is 0. The van der Waals surface area contributed by atoms with Gasteiger partial charge in [-0.3, -0.25) is 10.1 Å². The molecule has 0 aliphatic rings. The molecule has 0 radical (unpaired) electrons. The molecule has 0 fully saturated rings. The van der Waals surface area contributed by atoms with Crippen LogP contribution in [0.15, 0.2) is 0 Å². The second-order valence-corrected chi connectivity index (χ2v) is 4.84. The summed E-state index contributed by atoms with van der Waals surface area (Å²) in [5.74, 6) is 0.705. The van der Waals surface area contributed by atoms with E-state index in [9.17, 15) is 10.1 Å². The van der Waals surface area contributed by atoms with Crippen LogP contribution in [0.2, 0.25) is 0 Å². The third-order valence-electron chi connectivity index (χ3n) is 3.03. The number of hydrogen-bond donors (Lipinski definition) is 3. The van der Waals surface area contributed by atoms with Gasteiger partial charge in [0.1, 0.15) is 5.69 Å². The van der Waals surface area contributed by atoms with Crippen molar-refractivity contribution in [3.05, 3.63) is 15.8 Å². The SMILES string of the molecule is CNc1nc(C)c([N+](=O)[O-])c(NC(CCO)C(C)C)n1. The molecule has 0 aliphatic heterocycles. The number of aliphatic hydroxyl groups is 1. The summed E-state index contributed by atoms with van der Waals surface area (Å²) in [6.45, 7) is 5.53. The van der Waals surface area contributed by atoms with E-state index < -0.39 is 4.92 Å². The van der Waals surface area contributed by atoms with Crippen molar-refractivity contribution in [2.24, 2.45) is 5.92 Å². The number of nitro groups is 1. The fraction of sp³-hybridized carbons (Fsp3) is 0.667. The second kappa shape index (κ2) is 6.99. The minimum absolute atomic E-state index is 0.00654. The minimum Gasteiger partial charge on any atom is -0.396 e. The molecule has 1 aromatic heterocycles. The Morgan fingerprint density at radius 2 is 2.05 bits per heavy atom. The van der Waals surface area contributed by atoms with Crippen molar-refractivity contribution in [1.82, 2.24) is 9.97 Å². The first-order valence-electron chi connectivity index (χ1n) is 6.48. The van der Waals surface area contributed by atoms with Crippen molar-refractivity contribution in [1.29, 1.82) is 0 Å². The lowest BCUT2D eigenvalue weighted by molar-refractivity contribution is -0.385. The third-order valence-corrected chi connectivity index (χ3v) is 3.03. The maximum atomic E-state index is 11.2.